The van der Waals surface area contributed by atoms with Gasteiger partial charge in [0.25, 0.3) is 0 Å². The maximum Gasteiger partial charge on any atom is 0.335 e. The van der Waals surface area contributed by atoms with Crippen LogP contribution in [0, 0.1) is 0 Å². The van der Waals surface area contributed by atoms with Gasteiger partial charge in [0, 0.05) is 29.9 Å². The summed E-state index contributed by atoms with van der Waals surface area (Å²) in [6, 6.07) is 4.74. The molecule has 0 aliphatic carbocycles. The number of carboxylic acids is 1. The SMILES string of the molecule is CCS(=O)(=O)Cc1cn(C)c2ccc(C(=O)O)cc12. The highest BCUT2D eigenvalue weighted by atomic mass is 32.2. The number of hydrogen-bond donors (Lipinski definition) is 1. The predicted octanol–water partition coefficient (Wildman–Crippen LogP) is 1.81. The molecule has 0 radical (unpaired) electrons. The molecule has 2 rings (SSSR count). The molecule has 0 spiro atoms. The van der Waals surface area contributed by atoms with Crippen molar-refractivity contribution in [3.63, 3.8) is 0 Å². The van der Waals surface area contributed by atoms with Crippen molar-refractivity contribution in [3.05, 3.63) is 35.5 Å². The summed E-state index contributed by atoms with van der Waals surface area (Å²) in [6.07, 6.45) is 1.74. The number of nitrogens with zero attached hydrogens (tertiary/aromatic N) is 1. The number of aromatic carboxylic acids is 1. The lowest BCUT2D eigenvalue weighted by atomic mass is 10.1. The first-order valence-electron chi connectivity index (χ1n) is 5.85. The number of rotatable bonds is 4. The summed E-state index contributed by atoms with van der Waals surface area (Å²) < 4.78 is 25.2. The van der Waals surface area contributed by atoms with Crippen LogP contribution in [0.5, 0.6) is 0 Å². The molecule has 5 nitrogen and oxygen atoms in total. The van der Waals surface area contributed by atoms with E-state index >= 15 is 0 Å². The van der Waals surface area contributed by atoms with E-state index in [1.165, 1.54) is 12.1 Å². The van der Waals surface area contributed by atoms with Gasteiger partial charge in [-0.2, -0.15) is 0 Å². The monoisotopic (exact) mass is 281 g/mol. The van der Waals surface area contributed by atoms with E-state index in [1.807, 2.05) is 11.6 Å². The summed E-state index contributed by atoms with van der Waals surface area (Å²) in [5.74, 6) is -1.01. The minimum absolute atomic E-state index is 0.0656. The van der Waals surface area contributed by atoms with Gasteiger partial charge in [0.15, 0.2) is 9.84 Å². The van der Waals surface area contributed by atoms with Crippen LogP contribution in [0.3, 0.4) is 0 Å². The van der Waals surface area contributed by atoms with E-state index in [4.69, 9.17) is 5.11 Å². The third kappa shape index (κ3) is 2.63. The number of benzene rings is 1. The summed E-state index contributed by atoms with van der Waals surface area (Å²) in [6.45, 7) is 1.60. The Labute approximate surface area is 111 Å². The van der Waals surface area contributed by atoms with E-state index < -0.39 is 15.8 Å². The molecule has 0 aliphatic heterocycles. The van der Waals surface area contributed by atoms with Gasteiger partial charge in [-0.3, -0.25) is 0 Å². The molecule has 0 saturated carbocycles. The van der Waals surface area contributed by atoms with Crippen molar-refractivity contribution in [1.29, 1.82) is 0 Å². The fraction of sp³-hybridized carbons (Fsp3) is 0.308. The number of carboxylic acid groups (broad SMARTS) is 1. The van der Waals surface area contributed by atoms with Crippen LogP contribution in [0.1, 0.15) is 22.8 Å². The van der Waals surface area contributed by atoms with Crippen molar-refractivity contribution in [2.75, 3.05) is 5.75 Å². The fourth-order valence-corrected chi connectivity index (χ4v) is 2.97. The molecule has 0 bridgehead atoms. The number of hydrogen-bond acceptors (Lipinski definition) is 3. The van der Waals surface area contributed by atoms with Crippen molar-refractivity contribution < 1.29 is 18.3 Å². The molecule has 0 atom stereocenters. The van der Waals surface area contributed by atoms with Gasteiger partial charge in [0.1, 0.15) is 0 Å². The lowest BCUT2D eigenvalue weighted by Gasteiger charge is -2.01. The Kier molecular flexibility index (Phi) is 3.36. The molecule has 1 aromatic heterocycles. The second kappa shape index (κ2) is 4.70. The summed E-state index contributed by atoms with van der Waals surface area (Å²) in [5.41, 5.74) is 1.63. The number of aryl methyl sites for hydroxylation is 1. The van der Waals surface area contributed by atoms with Crippen LogP contribution >= 0.6 is 0 Å². The Balaban J connectivity index is 2.61. The zero-order valence-corrected chi connectivity index (χ0v) is 11.6. The average molecular weight is 281 g/mol. The fourth-order valence-electron chi connectivity index (χ4n) is 2.06. The molecule has 0 aliphatic rings. The zero-order chi connectivity index (χ0) is 14.2. The molecular formula is C13H15NO4S. The van der Waals surface area contributed by atoms with E-state index in [1.54, 1.807) is 19.2 Å². The summed E-state index contributed by atoms with van der Waals surface area (Å²) in [7, 11) is -1.33. The molecule has 2 aromatic rings. The van der Waals surface area contributed by atoms with Gasteiger partial charge in [-0.05, 0) is 23.8 Å². The molecule has 0 unspecified atom stereocenters. The minimum atomic E-state index is -3.14. The Bertz CT molecular complexity index is 743. The van der Waals surface area contributed by atoms with Gasteiger partial charge < -0.3 is 9.67 Å². The van der Waals surface area contributed by atoms with E-state index in [9.17, 15) is 13.2 Å². The Hall–Kier alpha value is -1.82. The normalized spacial score (nSPS) is 11.9. The first-order chi connectivity index (χ1) is 8.84. The van der Waals surface area contributed by atoms with Crippen LogP contribution in [-0.2, 0) is 22.6 Å². The van der Waals surface area contributed by atoms with E-state index in [2.05, 4.69) is 0 Å². The molecule has 1 N–H and O–H groups in total. The zero-order valence-electron chi connectivity index (χ0n) is 10.8. The Morgan fingerprint density at radius 3 is 2.63 bits per heavy atom. The summed E-state index contributed by atoms with van der Waals surface area (Å²) in [5, 5.41) is 9.68. The van der Waals surface area contributed by atoms with Crippen molar-refractivity contribution in [2.24, 2.45) is 7.05 Å². The highest BCUT2D eigenvalue weighted by molar-refractivity contribution is 7.90. The van der Waals surface area contributed by atoms with Gasteiger partial charge in [-0.1, -0.05) is 6.92 Å². The van der Waals surface area contributed by atoms with E-state index in [-0.39, 0.29) is 17.1 Å². The molecule has 102 valence electrons. The van der Waals surface area contributed by atoms with Crippen LogP contribution in [0.4, 0.5) is 0 Å². The topological polar surface area (TPSA) is 76.4 Å². The van der Waals surface area contributed by atoms with Gasteiger partial charge in [0.2, 0.25) is 0 Å². The maximum atomic E-state index is 11.7. The molecule has 0 saturated heterocycles. The molecule has 0 fully saturated rings. The highest BCUT2D eigenvalue weighted by Crippen LogP contribution is 2.24. The second-order valence-corrected chi connectivity index (χ2v) is 6.83. The largest absolute Gasteiger partial charge is 0.478 e. The van der Waals surface area contributed by atoms with Gasteiger partial charge in [0.05, 0.1) is 11.3 Å². The Morgan fingerprint density at radius 2 is 2.05 bits per heavy atom. The summed E-state index contributed by atoms with van der Waals surface area (Å²) in [4.78, 5) is 11.0. The molecule has 1 heterocycles. The molecule has 1 aromatic carbocycles. The van der Waals surface area contributed by atoms with Crippen LogP contribution in [0.25, 0.3) is 10.9 Å². The van der Waals surface area contributed by atoms with E-state index in [0.717, 1.165) is 5.52 Å². The number of carbonyl (C=O) groups is 1. The van der Waals surface area contributed by atoms with Crippen molar-refractivity contribution in [1.82, 2.24) is 4.57 Å². The molecule has 19 heavy (non-hydrogen) atoms. The number of fused-ring (bicyclic) bond motifs is 1. The van der Waals surface area contributed by atoms with Crippen LogP contribution in [-0.4, -0.2) is 29.8 Å². The number of sulfone groups is 1. The first kappa shape index (κ1) is 13.6. The van der Waals surface area contributed by atoms with Crippen molar-refractivity contribution in [2.45, 2.75) is 12.7 Å². The predicted molar refractivity (Wildman–Crippen MR) is 73.0 cm³/mol. The second-order valence-electron chi connectivity index (χ2n) is 4.48. The van der Waals surface area contributed by atoms with Crippen LogP contribution in [0.2, 0.25) is 0 Å². The Morgan fingerprint density at radius 1 is 1.37 bits per heavy atom. The highest BCUT2D eigenvalue weighted by Gasteiger charge is 2.15. The van der Waals surface area contributed by atoms with Gasteiger partial charge >= 0.3 is 5.97 Å². The van der Waals surface area contributed by atoms with Crippen LogP contribution in [0.15, 0.2) is 24.4 Å². The molecule has 0 amide bonds. The van der Waals surface area contributed by atoms with Crippen LogP contribution < -0.4 is 0 Å². The third-order valence-electron chi connectivity index (χ3n) is 3.13. The van der Waals surface area contributed by atoms with Gasteiger partial charge in [-0.25, -0.2) is 13.2 Å². The average Bonchev–Trinajstić information content (AvgIpc) is 2.65. The standard InChI is InChI=1S/C13H15NO4S/c1-3-19(17,18)8-10-7-14(2)12-5-4-9(13(15)16)6-11(10)12/h4-7H,3,8H2,1-2H3,(H,15,16). The smallest absolute Gasteiger partial charge is 0.335 e. The van der Waals surface area contributed by atoms with E-state index in [0.29, 0.717) is 10.9 Å². The lowest BCUT2D eigenvalue weighted by Crippen LogP contribution is -2.06. The molecular weight excluding hydrogens is 266 g/mol. The third-order valence-corrected chi connectivity index (χ3v) is 4.76. The molecule has 6 heteroatoms. The minimum Gasteiger partial charge on any atom is -0.478 e. The summed E-state index contributed by atoms with van der Waals surface area (Å²) >= 11 is 0. The quantitative estimate of drug-likeness (QED) is 0.927. The first-order valence-corrected chi connectivity index (χ1v) is 7.68. The van der Waals surface area contributed by atoms with Crippen molar-refractivity contribution in [3.8, 4) is 0 Å². The number of aromatic nitrogens is 1. The van der Waals surface area contributed by atoms with Gasteiger partial charge in [-0.15, -0.1) is 0 Å². The maximum absolute atomic E-state index is 11.7. The van der Waals surface area contributed by atoms with Crippen molar-refractivity contribution >= 4 is 26.7 Å². The lowest BCUT2D eigenvalue weighted by molar-refractivity contribution is 0.0697.